The predicted octanol–water partition coefficient (Wildman–Crippen LogP) is 1.28. The molecular weight excluding hydrogens is 282 g/mol. The normalized spacial score (nSPS) is 13.3. The smallest absolute Gasteiger partial charge is 0.303 e. The number of hydrogen-bond donors (Lipinski definition) is 3. The Morgan fingerprint density at radius 3 is 2.70 bits per heavy atom. The summed E-state index contributed by atoms with van der Waals surface area (Å²) >= 11 is 0. The fraction of sp³-hybridized carbons (Fsp3) is 0.667. The van der Waals surface area contributed by atoms with E-state index < -0.39 is 16.0 Å². The quantitative estimate of drug-likeness (QED) is 0.636. The van der Waals surface area contributed by atoms with Gasteiger partial charge < -0.3 is 5.11 Å². The maximum Gasteiger partial charge on any atom is 0.303 e. The third-order valence-electron chi connectivity index (χ3n) is 3.26. The van der Waals surface area contributed by atoms with Crippen LogP contribution in [0.3, 0.4) is 0 Å². The topological polar surface area (TPSA) is 112 Å². The molecule has 20 heavy (non-hydrogen) atoms. The lowest BCUT2D eigenvalue weighted by molar-refractivity contribution is -0.137. The van der Waals surface area contributed by atoms with Gasteiger partial charge in [-0.1, -0.05) is 13.3 Å². The summed E-state index contributed by atoms with van der Waals surface area (Å²) in [6.07, 6.45) is 3.42. The number of hydrogen-bond acceptors (Lipinski definition) is 4. The predicted molar refractivity (Wildman–Crippen MR) is 73.8 cm³/mol. The van der Waals surface area contributed by atoms with Crippen molar-refractivity contribution < 1.29 is 18.3 Å². The summed E-state index contributed by atoms with van der Waals surface area (Å²) in [4.78, 5) is 10.7. The molecule has 0 spiro atoms. The molecule has 1 rings (SSSR count). The van der Waals surface area contributed by atoms with E-state index >= 15 is 0 Å². The van der Waals surface area contributed by atoms with Crippen molar-refractivity contribution in [3.8, 4) is 0 Å². The number of rotatable bonds is 9. The first-order chi connectivity index (χ1) is 9.36. The second-order valence-corrected chi connectivity index (χ2v) is 6.49. The van der Waals surface area contributed by atoms with Crippen LogP contribution < -0.4 is 4.72 Å². The lowest BCUT2D eigenvalue weighted by atomic mass is 9.97. The van der Waals surface area contributed by atoms with Crippen LogP contribution in [-0.2, 0) is 14.8 Å². The van der Waals surface area contributed by atoms with Crippen LogP contribution in [0.5, 0.6) is 0 Å². The molecule has 0 aliphatic heterocycles. The van der Waals surface area contributed by atoms with E-state index in [1.54, 1.807) is 6.92 Å². The molecule has 0 aliphatic carbocycles. The van der Waals surface area contributed by atoms with Crippen molar-refractivity contribution in [3.63, 3.8) is 0 Å². The van der Waals surface area contributed by atoms with Gasteiger partial charge in [0.2, 0.25) is 10.0 Å². The Kier molecular flexibility index (Phi) is 6.15. The maximum atomic E-state index is 12.0. The minimum atomic E-state index is -3.54. The van der Waals surface area contributed by atoms with Gasteiger partial charge in [-0.2, -0.15) is 5.10 Å². The van der Waals surface area contributed by atoms with Crippen LogP contribution in [-0.4, -0.2) is 36.2 Å². The van der Waals surface area contributed by atoms with E-state index in [2.05, 4.69) is 14.9 Å². The van der Waals surface area contributed by atoms with Crippen molar-refractivity contribution >= 4 is 16.0 Å². The molecule has 0 aliphatic rings. The van der Waals surface area contributed by atoms with Crippen molar-refractivity contribution in [1.82, 2.24) is 14.9 Å². The van der Waals surface area contributed by atoms with Crippen molar-refractivity contribution in [3.05, 3.63) is 11.9 Å². The van der Waals surface area contributed by atoms with Gasteiger partial charge in [-0.15, -0.1) is 0 Å². The molecule has 0 saturated heterocycles. The number of aromatic nitrogens is 2. The minimum absolute atomic E-state index is 0.117. The van der Waals surface area contributed by atoms with Crippen molar-refractivity contribution in [2.24, 2.45) is 5.92 Å². The Balaban J connectivity index is 2.46. The molecule has 0 amide bonds. The van der Waals surface area contributed by atoms with E-state index in [1.165, 1.54) is 6.20 Å². The summed E-state index contributed by atoms with van der Waals surface area (Å²) in [5, 5.41) is 14.9. The standard InChI is InChI=1S/C12H21N3O4S/c1-3-10(4-5-12(16)17)6-7-14-20(18,19)11-8-13-15-9(11)2/h8,10,14H,3-7H2,1-2H3,(H,13,15)(H,16,17). The van der Waals surface area contributed by atoms with Gasteiger partial charge in [-0.3, -0.25) is 9.89 Å². The van der Waals surface area contributed by atoms with E-state index in [1.807, 2.05) is 6.92 Å². The highest BCUT2D eigenvalue weighted by Gasteiger charge is 2.18. The van der Waals surface area contributed by atoms with Crippen LogP contribution in [0.15, 0.2) is 11.1 Å². The largest absolute Gasteiger partial charge is 0.481 e. The number of aliphatic carboxylic acids is 1. The number of nitrogens with one attached hydrogen (secondary N) is 2. The highest BCUT2D eigenvalue weighted by atomic mass is 32.2. The molecule has 1 atom stereocenters. The van der Waals surface area contributed by atoms with E-state index in [4.69, 9.17) is 5.11 Å². The Labute approximate surface area is 118 Å². The molecule has 3 N–H and O–H groups in total. The summed E-state index contributed by atoms with van der Waals surface area (Å²) in [7, 11) is -3.54. The summed E-state index contributed by atoms with van der Waals surface area (Å²) in [5.74, 6) is -0.614. The van der Waals surface area contributed by atoms with Crippen LogP contribution in [0.2, 0.25) is 0 Å². The molecule has 114 valence electrons. The monoisotopic (exact) mass is 303 g/mol. The molecule has 7 nitrogen and oxygen atoms in total. The zero-order valence-corrected chi connectivity index (χ0v) is 12.5. The number of carbonyl (C=O) groups is 1. The van der Waals surface area contributed by atoms with Crippen LogP contribution >= 0.6 is 0 Å². The van der Waals surface area contributed by atoms with Gasteiger partial charge in [-0.25, -0.2) is 13.1 Å². The second-order valence-electron chi connectivity index (χ2n) is 4.75. The van der Waals surface area contributed by atoms with E-state index in [0.717, 1.165) is 6.42 Å². The Morgan fingerprint density at radius 1 is 1.50 bits per heavy atom. The third kappa shape index (κ3) is 4.93. The molecule has 0 fully saturated rings. The fourth-order valence-corrected chi connectivity index (χ4v) is 3.15. The number of sulfonamides is 1. The zero-order chi connectivity index (χ0) is 15.2. The molecular formula is C12H21N3O4S. The molecule has 1 heterocycles. The van der Waals surface area contributed by atoms with Gasteiger partial charge >= 0.3 is 5.97 Å². The summed E-state index contributed by atoms with van der Waals surface area (Å²) in [6.45, 7) is 3.91. The third-order valence-corrected chi connectivity index (χ3v) is 4.84. The number of H-pyrrole nitrogens is 1. The molecule has 8 heteroatoms. The highest BCUT2D eigenvalue weighted by molar-refractivity contribution is 7.89. The van der Waals surface area contributed by atoms with E-state index in [-0.39, 0.29) is 17.2 Å². The first kappa shape index (κ1) is 16.6. The molecule has 1 aromatic heterocycles. The Hall–Kier alpha value is -1.41. The van der Waals surface area contributed by atoms with Gasteiger partial charge in [0.05, 0.1) is 11.9 Å². The van der Waals surface area contributed by atoms with Crippen molar-refractivity contribution in [2.75, 3.05) is 6.54 Å². The molecule has 0 saturated carbocycles. The molecule has 0 bridgehead atoms. The number of carboxylic acid groups (broad SMARTS) is 1. The molecule has 0 aromatic carbocycles. The van der Waals surface area contributed by atoms with Crippen LogP contribution in [0.1, 0.15) is 38.3 Å². The first-order valence-electron chi connectivity index (χ1n) is 6.58. The average Bonchev–Trinajstić information content (AvgIpc) is 2.80. The number of nitrogens with zero attached hydrogens (tertiary/aromatic N) is 1. The van der Waals surface area contributed by atoms with Gasteiger partial charge in [0, 0.05) is 13.0 Å². The number of aromatic amines is 1. The van der Waals surface area contributed by atoms with Crippen molar-refractivity contribution in [1.29, 1.82) is 0 Å². The zero-order valence-electron chi connectivity index (χ0n) is 11.7. The average molecular weight is 303 g/mol. The molecule has 0 radical (unpaired) electrons. The molecule has 1 aromatic rings. The lowest BCUT2D eigenvalue weighted by Crippen LogP contribution is -2.26. The van der Waals surface area contributed by atoms with Gasteiger partial charge in [-0.05, 0) is 25.7 Å². The first-order valence-corrected chi connectivity index (χ1v) is 8.06. The van der Waals surface area contributed by atoms with Gasteiger partial charge in [0.15, 0.2) is 0 Å². The van der Waals surface area contributed by atoms with Gasteiger partial charge in [0.25, 0.3) is 0 Å². The van der Waals surface area contributed by atoms with Crippen LogP contribution in [0.25, 0.3) is 0 Å². The van der Waals surface area contributed by atoms with Crippen LogP contribution in [0, 0.1) is 12.8 Å². The van der Waals surface area contributed by atoms with E-state index in [9.17, 15) is 13.2 Å². The Bertz CT molecular complexity index is 539. The second kappa shape index (κ2) is 7.39. The lowest BCUT2D eigenvalue weighted by Gasteiger charge is -2.14. The highest BCUT2D eigenvalue weighted by Crippen LogP contribution is 2.16. The van der Waals surface area contributed by atoms with E-state index in [0.29, 0.717) is 25.1 Å². The van der Waals surface area contributed by atoms with Crippen LogP contribution in [0.4, 0.5) is 0 Å². The maximum absolute atomic E-state index is 12.0. The number of aryl methyl sites for hydroxylation is 1. The summed E-state index contributed by atoms with van der Waals surface area (Å²) in [5.41, 5.74) is 0.496. The minimum Gasteiger partial charge on any atom is -0.481 e. The summed E-state index contributed by atoms with van der Waals surface area (Å²) in [6, 6.07) is 0. The Morgan fingerprint density at radius 2 is 2.20 bits per heavy atom. The van der Waals surface area contributed by atoms with Crippen molar-refractivity contribution in [2.45, 2.75) is 44.4 Å². The summed E-state index contributed by atoms with van der Waals surface area (Å²) < 4.78 is 26.5. The van der Waals surface area contributed by atoms with Gasteiger partial charge in [0.1, 0.15) is 4.90 Å². The number of carboxylic acids is 1. The molecule has 1 unspecified atom stereocenters. The fourth-order valence-electron chi connectivity index (χ4n) is 1.97. The SMILES string of the molecule is CCC(CCNS(=O)(=O)c1cn[nH]c1C)CCC(=O)O.